The van der Waals surface area contributed by atoms with Crippen molar-refractivity contribution in [2.75, 3.05) is 25.0 Å². The number of nitrogens with zero attached hydrogens (tertiary/aromatic N) is 4. The van der Waals surface area contributed by atoms with Gasteiger partial charge in [-0.25, -0.2) is 4.98 Å². The standard InChI is InChI=1S/C21H23N5O/c1-25(20-9-5-6-12-22-20)17-10-13-26(14-11-17)21(27)19-15-18(23-24-19)16-7-3-2-4-8-16/h2-9,12,15,17H,10-11,13-14H2,1H3,(H,23,24). The molecule has 0 aliphatic carbocycles. The van der Waals surface area contributed by atoms with Gasteiger partial charge < -0.3 is 9.80 Å². The third-order valence-corrected chi connectivity index (χ3v) is 5.19. The summed E-state index contributed by atoms with van der Waals surface area (Å²) in [7, 11) is 2.07. The summed E-state index contributed by atoms with van der Waals surface area (Å²) in [6, 6.07) is 18.1. The lowest BCUT2D eigenvalue weighted by molar-refractivity contribution is 0.0707. The molecule has 1 fully saturated rings. The van der Waals surface area contributed by atoms with Crippen LogP contribution in [0.3, 0.4) is 0 Å². The van der Waals surface area contributed by atoms with Gasteiger partial charge in [0.2, 0.25) is 0 Å². The van der Waals surface area contributed by atoms with Gasteiger partial charge in [-0.3, -0.25) is 9.89 Å². The topological polar surface area (TPSA) is 65.1 Å². The Morgan fingerprint density at radius 2 is 1.85 bits per heavy atom. The molecule has 1 aliphatic rings. The first-order valence-corrected chi connectivity index (χ1v) is 9.26. The molecule has 0 atom stereocenters. The Labute approximate surface area is 158 Å². The molecule has 4 rings (SSSR count). The summed E-state index contributed by atoms with van der Waals surface area (Å²) in [5, 5.41) is 7.20. The lowest BCUT2D eigenvalue weighted by Gasteiger charge is -2.37. The molecule has 1 aromatic carbocycles. The molecule has 0 unspecified atom stereocenters. The minimum Gasteiger partial charge on any atom is -0.357 e. The molecule has 1 amide bonds. The highest BCUT2D eigenvalue weighted by Crippen LogP contribution is 2.22. The van der Waals surface area contributed by atoms with Crippen LogP contribution in [-0.2, 0) is 0 Å². The number of rotatable bonds is 4. The van der Waals surface area contributed by atoms with Crippen LogP contribution >= 0.6 is 0 Å². The number of likely N-dealkylation sites (tertiary alicyclic amines) is 1. The number of H-pyrrole nitrogens is 1. The van der Waals surface area contributed by atoms with E-state index < -0.39 is 0 Å². The van der Waals surface area contributed by atoms with Crippen LogP contribution < -0.4 is 4.90 Å². The van der Waals surface area contributed by atoms with E-state index in [0.717, 1.165) is 43.0 Å². The highest BCUT2D eigenvalue weighted by Gasteiger charge is 2.27. The summed E-state index contributed by atoms with van der Waals surface area (Å²) in [5.41, 5.74) is 2.34. The average Bonchev–Trinajstić information content (AvgIpc) is 3.24. The fourth-order valence-electron chi connectivity index (χ4n) is 3.56. The van der Waals surface area contributed by atoms with Crippen LogP contribution in [0, 0.1) is 0 Å². The first kappa shape index (κ1) is 17.3. The summed E-state index contributed by atoms with van der Waals surface area (Å²) >= 11 is 0. The molecule has 0 spiro atoms. The normalized spacial score (nSPS) is 14.9. The number of aromatic amines is 1. The number of hydrogen-bond donors (Lipinski definition) is 1. The molecule has 6 heteroatoms. The predicted octanol–water partition coefficient (Wildman–Crippen LogP) is 3.21. The number of amides is 1. The van der Waals surface area contributed by atoms with E-state index in [1.165, 1.54) is 0 Å². The first-order chi connectivity index (χ1) is 13.2. The van der Waals surface area contributed by atoms with E-state index >= 15 is 0 Å². The molecule has 0 radical (unpaired) electrons. The second-order valence-corrected chi connectivity index (χ2v) is 6.86. The zero-order chi connectivity index (χ0) is 18.6. The van der Waals surface area contributed by atoms with Crippen LogP contribution in [0.5, 0.6) is 0 Å². The van der Waals surface area contributed by atoms with E-state index in [2.05, 4.69) is 27.1 Å². The van der Waals surface area contributed by atoms with Gasteiger partial charge in [-0.15, -0.1) is 0 Å². The molecule has 138 valence electrons. The fourth-order valence-corrected chi connectivity index (χ4v) is 3.56. The highest BCUT2D eigenvalue weighted by molar-refractivity contribution is 5.93. The molecular weight excluding hydrogens is 338 g/mol. The summed E-state index contributed by atoms with van der Waals surface area (Å²) in [6.07, 6.45) is 3.67. The summed E-state index contributed by atoms with van der Waals surface area (Å²) < 4.78 is 0. The second-order valence-electron chi connectivity index (χ2n) is 6.86. The molecule has 6 nitrogen and oxygen atoms in total. The molecule has 0 bridgehead atoms. The Hall–Kier alpha value is -3.15. The van der Waals surface area contributed by atoms with Gasteiger partial charge in [-0.1, -0.05) is 36.4 Å². The highest BCUT2D eigenvalue weighted by atomic mass is 16.2. The Morgan fingerprint density at radius 3 is 2.56 bits per heavy atom. The van der Waals surface area contributed by atoms with Crippen molar-refractivity contribution in [2.45, 2.75) is 18.9 Å². The van der Waals surface area contributed by atoms with E-state index in [0.29, 0.717) is 11.7 Å². The number of pyridine rings is 1. The minimum atomic E-state index is 0.0172. The van der Waals surface area contributed by atoms with Gasteiger partial charge in [0, 0.05) is 37.9 Å². The van der Waals surface area contributed by atoms with Crippen LogP contribution in [0.4, 0.5) is 5.82 Å². The number of nitrogens with one attached hydrogen (secondary N) is 1. The lowest BCUT2D eigenvalue weighted by Crippen LogP contribution is -2.46. The van der Waals surface area contributed by atoms with Crippen molar-refractivity contribution in [2.24, 2.45) is 0 Å². The van der Waals surface area contributed by atoms with Gasteiger partial charge >= 0.3 is 0 Å². The number of aromatic nitrogens is 3. The van der Waals surface area contributed by atoms with Crippen molar-refractivity contribution in [3.63, 3.8) is 0 Å². The number of piperidine rings is 1. The quantitative estimate of drug-likeness (QED) is 0.775. The number of carbonyl (C=O) groups excluding carboxylic acids is 1. The maximum Gasteiger partial charge on any atom is 0.271 e. The Bertz CT molecular complexity index is 885. The Kier molecular flexibility index (Phi) is 4.87. The maximum absolute atomic E-state index is 12.8. The molecule has 1 N–H and O–H groups in total. The third kappa shape index (κ3) is 3.69. The lowest BCUT2D eigenvalue weighted by atomic mass is 10.0. The van der Waals surface area contributed by atoms with Crippen molar-refractivity contribution < 1.29 is 4.79 Å². The summed E-state index contributed by atoms with van der Waals surface area (Å²) in [5.74, 6) is 0.993. The number of hydrogen-bond acceptors (Lipinski definition) is 4. The molecule has 27 heavy (non-hydrogen) atoms. The van der Waals surface area contributed by atoms with E-state index in [-0.39, 0.29) is 5.91 Å². The first-order valence-electron chi connectivity index (χ1n) is 9.26. The number of carbonyl (C=O) groups is 1. The predicted molar refractivity (Wildman–Crippen MR) is 106 cm³/mol. The smallest absolute Gasteiger partial charge is 0.271 e. The van der Waals surface area contributed by atoms with E-state index in [1.54, 1.807) is 0 Å². The van der Waals surface area contributed by atoms with Crippen molar-refractivity contribution in [3.05, 3.63) is 66.5 Å². The van der Waals surface area contributed by atoms with Crippen LogP contribution in [-0.4, -0.2) is 52.2 Å². The van der Waals surface area contributed by atoms with Gasteiger partial charge in [0.15, 0.2) is 0 Å². The monoisotopic (exact) mass is 361 g/mol. The van der Waals surface area contributed by atoms with Crippen molar-refractivity contribution in [1.82, 2.24) is 20.1 Å². The van der Waals surface area contributed by atoms with Gasteiger partial charge in [0.05, 0.1) is 5.69 Å². The second kappa shape index (κ2) is 7.61. The molecule has 2 aromatic heterocycles. The molecule has 3 heterocycles. The molecule has 3 aromatic rings. The molecular formula is C21H23N5O. The van der Waals surface area contributed by atoms with Gasteiger partial charge in [0.25, 0.3) is 5.91 Å². The SMILES string of the molecule is CN(c1ccccn1)C1CCN(C(=O)c2cc(-c3ccccc3)n[nH]2)CC1. The van der Waals surface area contributed by atoms with Crippen LogP contribution in [0.1, 0.15) is 23.3 Å². The molecule has 1 saturated heterocycles. The van der Waals surface area contributed by atoms with Crippen molar-refractivity contribution in [1.29, 1.82) is 0 Å². The zero-order valence-corrected chi connectivity index (χ0v) is 15.4. The number of benzene rings is 1. The summed E-state index contributed by atoms with van der Waals surface area (Å²) in [6.45, 7) is 1.47. The van der Waals surface area contributed by atoms with Gasteiger partial charge in [0.1, 0.15) is 11.5 Å². The van der Waals surface area contributed by atoms with Crippen LogP contribution in [0.15, 0.2) is 60.8 Å². The largest absolute Gasteiger partial charge is 0.357 e. The third-order valence-electron chi connectivity index (χ3n) is 5.19. The Morgan fingerprint density at radius 1 is 1.11 bits per heavy atom. The van der Waals surface area contributed by atoms with Crippen molar-refractivity contribution in [3.8, 4) is 11.3 Å². The molecule has 0 saturated carbocycles. The van der Waals surface area contributed by atoms with E-state index in [4.69, 9.17) is 0 Å². The van der Waals surface area contributed by atoms with E-state index in [9.17, 15) is 4.79 Å². The number of anilines is 1. The van der Waals surface area contributed by atoms with E-state index in [1.807, 2.05) is 65.7 Å². The van der Waals surface area contributed by atoms with Gasteiger partial charge in [-0.2, -0.15) is 5.10 Å². The maximum atomic E-state index is 12.8. The van der Waals surface area contributed by atoms with Crippen LogP contribution in [0.25, 0.3) is 11.3 Å². The average molecular weight is 361 g/mol. The fraction of sp³-hybridized carbons (Fsp3) is 0.286. The molecule has 1 aliphatic heterocycles. The van der Waals surface area contributed by atoms with Crippen LogP contribution in [0.2, 0.25) is 0 Å². The van der Waals surface area contributed by atoms with Crippen molar-refractivity contribution >= 4 is 11.7 Å². The minimum absolute atomic E-state index is 0.0172. The summed E-state index contributed by atoms with van der Waals surface area (Å²) in [4.78, 5) is 21.4. The van der Waals surface area contributed by atoms with Gasteiger partial charge in [-0.05, 0) is 31.0 Å². The Balaban J connectivity index is 1.38. The zero-order valence-electron chi connectivity index (χ0n) is 15.4.